The van der Waals surface area contributed by atoms with Gasteiger partial charge in [0.05, 0.1) is 0 Å². The van der Waals surface area contributed by atoms with Crippen LogP contribution in [0.15, 0.2) is 47.5 Å². The maximum Gasteiger partial charge on any atom is 0.283 e. The first-order chi connectivity index (χ1) is 11.4. The average molecular weight is 326 g/mol. The molecule has 1 aliphatic rings. The minimum absolute atomic E-state index is 0.105. The Morgan fingerprint density at radius 3 is 2.67 bits per heavy atom. The number of alkyl halides is 2. The van der Waals surface area contributed by atoms with Crippen LogP contribution in [0, 0.1) is 6.92 Å². The highest BCUT2D eigenvalue weighted by molar-refractivity contribution is 6.32. The second kappa shape index (κ2) is 6.26. The van der Waals surface area contributed by atoms with Gasteiger partial charge in [0.1, 0.15) is 14.5 Å². The first-order valence-corrected chi connectivity index (χ1v) is 7.63. The normalized spacial score (nSPS) is 20.1. The van der Waals surface area contributed by atoms with Crippen LogP contribution in [0.4, 0.5) is 8.78 Å². The van der Waals surface area contributed by atoms with Crippen LogP contribution < -0.4 is 11.2 Å². The topological polar surface area (TPSA) is 47.6 Å². The van der Waals surface area contributed by atoms with Crippen molar-refractivity contribution >= 4 is 19.3 Å². The van der Waals surface area contributed by atoms with Gasteiger partial charge in [0.15, 0.2) is 5.54 Å². The average Bonchev–Trinajstić information content (AvgIpc) is 2.90. The Labute approximate surface area is 141 Å². The molecule has 122 valence electrons. The molecule has 6 heteroatoms. The molecular weight excluding hydrogens is 309 g/mol. The second-order valence-electron chi connectivity index (χ2n) is 5.97. The smallest absolute Gasteiger partial charge is 0.283 e. The molecule has 1 unspecified atom stereocenters. The quantitative estimate of drug-likeness (QED) is 0.876. The third-order valence-electron chi connectivity index (χ3n) is 4.22. The summed E-state index contributed by atoms with van der Waals surface area (Å²) in [5, 5.41) is 0. The van der Waals surface area contributed by atoms with Gasteiger partial charge >= 0.3 is 0 Å². The molecular formula is C18H17BF2N2O. The van der Waals surface area contributed by atoms with Crippen LogP contribution in [0.3, 0.4) is 0 Å². The summed E-state index contributed by atoms with van der Waals surface area (Å²) in [4.78, 5) is 4.52. The molecule has 1 aliphatic heterocycles. The molecule has 0 saturated heterocycles. The Bertz CT molecular complexity index is 794. The Morgan fingerprint density at radius 2 is 2.08 bits per heavy atom. The zero-order valence-electron chi connectivity index (χ0n) is 13.3. The van der Waals surface area contributed by atoms with E-state index in [1.165, 1.54) is 0 Å². The molecule has 0 aromatic heterocycles. The molecule has 2 aromatic carbocycles. The molecule has 2 aromatic rings. The minimum Gasteiger partial charge on any atom is -0.462 e. The summed E-state index contributed by atoms with van der Waals surface area (Å²) in [5.41, 5.74) is 8.73. The lowest BCUT2D eigenvalue weighted by Gasteiger charge is -2.27. The summed E-state index contributed by atoms with van der Waals surface area (Å²) in [6.45, 7) is 2.12. The van der Waals surface area contributed by atoms with Gasteiger partial charge in [0.2, 0.25) is 6.43 Å². The van der Waals surface area contributed by atoms with Gasteiger partial charge in [0, 0.05) is 6.42 Å². The van der Waals surface area contributed by atoms with Crippen LogP contribution >= 0.6 is 0 Å². The fraction of sp³-hybridized carbons (Fsp3) is 0.278. The molecule has 3 nitrogen and oxygen atoms in total. The number of hydrogen-bond acceptors (Lipinski definition) is 3. The van der Waals surface area contributed by atoms with Crippen LogP contribution in [-0.4, -0.2) is 26.9 Å². The van der Waals surface area contributed by atoms with E-state index in [0.717, 1.165) is 16.7 Å². The van der Waals surface area contributed by atoms with Crippen LogP contribution in [0.2, 0.25) is 0 Å². The van der Waals surface area contributed by atoms with Crippen LogP contribution in [-0.2, 0) is 16.7 Å². The highest BCUT2D eigenvalue weighted by atomic mass is 19.3. The van der Waals surface area contributed by atoms with E-state index in [0.29, 0.717) is 11.0 Å². The third kappa shape index (κ3) is 3.00. The summed E-state index contributed by atoms with van der Waals surface area (Å²) in [6.07, 6.45) is -2.64. The summed E-state index contributed by atoms with van der Waals surface area (Å²) in [5.74, 6) is 0. The highest BCUT2D eigenvalue weighted by Gasteiger charge is 2.41. The molecule has 1 atom stereocenters. The van der Waals surface area contributed by atoms with Crippen molar-refractivity contribution in [2.45, 2.75) is 25.3 Å². The van der Waals surface area contributed by atoms with Gasteiger partial charge in [-0.15, -0.1) is 0 Å². The number of halogens is 2. The fourth-order valence-electron chi connectivity index (χ4n) is 3.16. The van der Waals surface area contributed by atoms with Crippen LogP contribution in [0.1, 0.15) is 22.3 Å². The minimum atomic E-state index is -2.37. The first kappa shape index (κ1) is 16.5. The number of aliphatic imine (C=N–C) groups is 1. The van der Waals surface area contributed by atoms with Gasteiger partial charge in [-0.2, -0.15) is 0 Å². The molecule has 0 bridgehead atoms. The van der Waals surface area contributed by atoms with E-state index in [9.17, 15) is 8.78 Å². The van der Waals surface area contributed by atoms with Crippen molar-refractivity contribution in [3.63, 3.8) is 0 Å². The van der Waals surface area contributed by atoms with E-state index in [2.05, 4.69) is 4.99 Å². The number of amidine groups is 1. The van der Waals surface area contributed by atoms with Gasteiger partial charge in [-0.1, -0.05) is 47.9 Å². The third-order valence-corrected chi connectivity index (χ3v) is 4.22. The lowest BCUT2D eigenvalue weighted by Crippen LogP contribution is -2.29. The number of hydrogen-bond donors (Lipinski definition) is 1. The summed E-state index contributed by atoms with van der Waals surface area (Å²) in [6, 6.07) is 12.8. The van der Waals surface area contributed by atoms with E-state index >= 15 is 0 Å². The number of rotatable bonds is 4. The first-order valence-electron chi connectivity index (χ1n) is 7.63. The number of benzene rings is 2. The maximum atomic E-state index is 12.6. The molecule has 3 rings (SSSR count). The van der Waals surface area contributed by atoms with Crippen molar-refractivity contribution < 1.29 is 13.5 Å². The molecule has 0 amide bonds. The second-order valence-corrected chi connectivity index (χ2v) is 5.97. The van der Waals surface area contributed by atoms with E-state index in [1.807, 2.05) is 31.2 Å². The number of nitrogens with zero attached hydrogens (tertiary/aromatic N) is 1. The zero-order chi connectivity index (χ0) is 17.3. The Kier molecular flexibility index (Phi) is 4.30. The predicted molar refractivity (Wildman–Crippen MR) is 91.1 cm³/mol. The van der Waals surface area contributed by atoms with E-state index < -0.39 is 12.0 Å². The van der Waals surface area contributed by atoms with Crippen molar-refractivity contribution in [2.75, 3.05) is 6.61 Å². The SMILES string of the molecule is [B]c1cccc(C2(c3ccc(CC(F)F)cc3C)COC(N)=N2)c1. The molecule has 0 aliphatic carbocycles. The molecule has 2 N–H and O–H groups in total. The van der Waals surface area contributed by atoms with Gasteiger partial charge in [0.25, 0.3) is 6.02 Å². The standard InChI is InChI=1S/C18H17BF2N2O/c1-11-7-12(8-16(20)21)5-6-15(11)18(10-24-17(22)23-18)13-3-2-4-14(19)9-13/h2-7,9,16H,8,10H2,1H3,(H2,22,23). The van der Waals surface area contributed by atoms with Crippen LogP contribution in [0.5, 0.6) is 0 Å². The molecule has 24 heavy (non-hydrogen) atoms. The summed E-state index contributed by atoms with van der Waals surface area (Å²) >= 11 is 0. The van der Waals surface area contributed by atoms with Crippen LogP contribution in [0.25, 0.3) is 0 Å². The number of aryl methyl sites for hydroxylation is 1. The van der Waals surface area contributed by atoms with Crippen molar-refractivity contribution in [3.05, 3.63) is 64.7 Å². The monoisotopic (exact) mass is 326 g/mol. The molecule has 0 spiro atoms. The molecule has 1 heterocycles. The molecule has 2 radical (unpaired) electrons. The maximum absolute atomic E-state index is 12.6. The van der Waals surface area contributed by atoms with E-state index in [-0.39, 0.29) is 19.0 Å². The summed E-state index contributed by atoms with van der Waals surface area (Å²) in [7, 11) is 5.91. The highest BCUT2D eigenvalue weighted by Crippen LogP contribution is 2.39. The van der Waals surface area contributed by atoms with E-state index in [1.54, 1.807) is 18.2 Å². The summed E-state index contributed by atoms with van der Waals surface area (Å²) < 4.78 is 30.7. The zero-order valence-corrected chi connectivity index (χ0v) is 13.3. The molecule has 0 saturated carbocycles. The Balaban J connectivity index is 2.11. The fourth-order valence-corrected chi connectivity index (χ4v) is 3.16. The van der Waals surface area contributed by atoms with Gasteiger partial charge in [-0.05, 0) is 29.2 Å². The molecule has 0 fully saturated rings. The Hall–Kier alpha value is -2.37. The lowest BCUT2D eigenvalue weighted by molar-refractivity contribution is 0.149. The predicted octanol–water partition coefficient (Wildman–Crippen LogP) is 2.18. The number of ether oxygens (including phenoxy) is 1. The van der Waals surface area contributed by atoms with Gasteiger partial charge in [-0.25, -0.2) is 13.8 Å². The number of nitrogens with two attached hydrogens (primary N) is 1. The lowest BCUT2D eigenvalue weighted by atomic mass is 9.79. The van der Waals surface area contributed by atoms with Crippen molar-refractivity contribution in [1.29, 1.82) is 0 Å². The van der Waals surface area contributed by atoms with Gasteiger partial charge in [-0.3, -0.25) is 0 Å². The van der Waals surface area contributed by atoms with Crippen molar-refractivity contribution in [1.82, 2.24) is 0 Å². The Morgan fingerprint density at radius 1 is 1.29 bits per heavy atom. The largest absolute Gasteiger partial charge is 0.462 e. The van der Waals surface area contributed by atoms with E-state index in [4.69, 9.17) is 18.3 Å². The van der Waals surface area contributed by atoms with Gasteiger partial charge < -0.3 is 10.5 Å². The van der Waals surface area contributed by atoms with Crippen molar-refractivity contribution in [3.8, 4) is 0 Å². The van der Waals surface area contributed by atoms with Crippen molar-refractivity contribution in [2.24, 2.45) is 10.7 Å².